The Labute approximate surface area is 175 Å². The van der Waals surface area contributed by atoms with Crippen LogP contribution in [0.1, 0.15) is 18.4 Å². The van der Waals surface area contributed by atoms with Crippen LogP contribution in [-0.2, 0) is 26.1 Å². The second kappa shape index (κ2) is 8.75. The number of nitrogens with one attached hydrogen (secondary N) is 1. The molecule has 10 heteroatoms. The molecule has 3 rings (SSSR count). The summed E-state index contributed by atoms with van der Waals surface area (Å²) in [5.74, 6) is 0.145. The fraction of sp³-hybridized carbons (Fsp3) is 0.450. The highest BCUT2D eigenvalue weighted by Gasteiger charge is 2.52. The molecule has 0 unspecified atom stereocenters. The third-order valence-electron chi connectivity index (χ3n) is 5.31. The van der Waals surface area contributed by atoms with Crippen molar-refractivity contribution in [3.63, 3.8) is 0 Å². The Morgan fingerprint density at radius 1 is 1.30 bits per heavy atom. The molecule has 1 N–H and O–H groups in total. The molecule has 0 aliphatic heterocycles. The number of carbonyl (C=O) groups excluding carboxylic acids is 1. The molecule has 162 valence electrons. The lowest BCUT2D eigenvalue weighted by molar-refractivity contribution is -0.180. The van der Waals surface area contributed by atoms with Gasteiger partial charge in [-0.15, -0.1) is 0 Å². The van der Waals surface area contributed by atoms with Gasteiger partial charge in [-0.1, -0.05) is 18.2 Å². The van der Waals surface area contributed by atoms with Gasteiger partial charge in [-0.2, -0.15) is 0 Å². The van der Waals surface area contributed by atoms with E-state index in [0.717, 1.165) is 22.4 Å². The maximum absolute atomic E-state index is 14.8. The Balaban J connectivity index is 1.94. The van der Waals surface area contributed by atoms with Gasteiger partial charge in [0.25, 0.3) is 5.91 Å². The number of nitrogens with zero attached hydrogens (tertiary/aromatic N) is 3. The molecular formula is C20H25FN4O4S. The molecule has 1 amide bonds. The van der Waals surface area contributed by atoms with E-state index in [0.29, 0.717) is 5.82 Å². The second-order valence-electron chi connectivity index (χ2n) is 7.64. The smallest absolute Gasteiger partial charge is 0.252 e. The van der Waals surface area contributed by atoms with Crippen molar-refractivity contribution in [2.24, 2.45) is 5.41 Å². The molecule has 30 heavy (non-hydrogen) atoms. The van der Waals surface area contributed by atoms with E-state index in [2.05, 4.69) is 14.7 Å². The number of hydrogen-bond donors (Lipinski definition) is 1. The predicted octanol–water partition coefficient (Wildman–Crippen LogP) is 1.74. The maximum Gasteiger partial charge on any atom is 0.252 e. The molecular weight excluding hydrogens is 411 g/mol. The van der Waals surface area contributed by atoms with E-state index < -0.39 is 33.6 Å². The molecule has 1 aliphatic carbocycles. The van der Waals surface area contributed by atoms with E-state index in [1.807, 2.05) is 24.3 Å². The standard InChI is InChI=1S/C20H25FN4O4S/c1-25(29-2)19(26)20(12-16(21)17(13-20)24-30(3,27)28)11-14-6-4-7-15(10-14)18-22-8-5-9-23-18/h4-10,16-17,24H,11-13H2,1-3H3/t16-,17-,20+/m1/s1. The van der Waals surface area contributed by atoms with Gasteiger partial charge < -0.3 is 0 Å². The van der Waals surface area contributed by atoms with Crippen molar-refractivity contribution in [3.05, 3.63) is 48.3 Å². The van der Waals surface area contributed by atoms with Crippen molar-refractivity contribution in [2.45, 2.75) is 31.5 Å². The lowest BCUT2D eigenvalue weighted by atomic mass is 9.78. The Morgan fingerprint density at radius 2 is 2.00 bits per heavy atom. The number of rotatable bonds is 7. The van der Waals surface area contributed by atoms with Crippen LogP contribution in [0.4, 0.5) is 4.39 Å². The van der Waals surface area contributed by atoms with Crippen molar-refractivity contribution >= 4 is 15.9 Å². The van der Waals surface area contributed by atoms with Crippen LogP contribution >= 0.6 is 0 Å². The third-order valence-corrected chi connectivity index (χ3v) is 6.04. The molecule has 3 atom stereocenters. The first kappa shape index (κ1) is 22.3. The molecule has 8 nitrogen and oxygen atoms in total. The van der Waals surface area contributed by atoms with Crippen molar-refractivity contribution in [2.75, 3.05) is 20.4 Å². The van der Waals surface area contributed by atoms with Gasteiger partial charge in [0.1, 0.15) is 6.17 Å². The zero-order chi connectivity index (χ0) is 21.9. The molecule has 0 spiro atoms. The highest BCUT2D eigenvalue weighted by molar-refractivity contribution is 7.88. The molecule has 1 aromatic heterocycles. The van der Waals surface area contributed by atoms with Gasteiger partial charge in [-0.25, -0.2) is 32.6 Å². The molecule has 1 heterocycles. The van der Waals surface area contributed by atoms with Gasteiger partial charge in [-0.05, 0) is 37.0 Å². The number of sulfonamides is 1. The van der Waals surface area contributed by atoms with Gasteiger partial charge in [0.05, 0.1) is 24.8 Å². The maximum atomic E-state index is 14.8. The van der Waals surface area contributed by atoms with E-state index in [-0.39, 0.29) is 19.3 Å². The van der Waals surface area contributed by atoms with Crippen LogP contribution in [0.15, 0.2) is 42.7 Å². The number of hydroxylamine groups is 2. The number of hydrogen-bond acceptors (Lipinski definition) is 6. The Bertz CT molecular complexity index is 1000. The van der Waals surface area contributed by atoms with Crippen LogP contribution in [0.3, 0.4) is 0 Å². The molecule has 1 aliphatic rings. The van der Waals surface area contributed by atoms with E-state index in [1.165, 1.54) is 14.2 Å². The number of halogens is 1. The van der Waals surface area contributed by atoms with Crippen LogP contribution < -0.4 is 4.72 Å². The van der Waals surface area contributed by atoms with Crippen molar-refractivity contribution in [3.8, 4) is 11.4 Å². The summed E-state index contributed by atoms with van der Waals surface area (Å²) < 4.78 is 40.5. The monoisotopic (exact) mass is 436 g/mol. The summed E-state index contributed by atoms with van der Waals surface area (Å²) in [5, 5.41) is 1.07. The summed E-state index contributed by atoms with van der Waals surface area (Å²) in [5.41, 5.74) is 0.421. The predicted molar refractivity (Wildman–Crippen MR) is 109 cm³/mol. The van der Waals surface area contributed by atoms with Crippen molar-refractivity contribution < 1.29 is 22.4 Å². The van der Waals surface area contributed by atoms with Crippen molar-refractivity contribution in [1.29, 1.82) is 0 Å². The topological polar surface area (TPSA) is 101 Å². The van der Waals surface area contributed by atoms with Gasteiger partial charge in [0.2, 0.25) is 10.0 Å². The van der Waals surface area contributed by atoms with Gasteiger partial charge >= 0.3 is 0 Å². The van der Waals surface area contributed by atoms with E-state index in [1.54, 1.807) is 18.5 Å². The minimum absolute atomic E-state index is 0.0276. The van der Waals surface area contributed by atoms with E-state index in [4.69, 9.17) is 4.84 Å². The number of alkyl halides is 1. The zero-order valence-electron chi connectivity index (χ0n) is 17.1. The largest absolute Gasteiger partial charge is 0.275 e. The van der Waals surface area contributed by atoms with E-state index in [9.17, 15) is 17.6 Å². The highest BCUT2D eigenvalue weighted by Crippen LogP contribution is 2.44. The summed E-state index contributed by atoms with van der Waals surface area (Å²) in [6, 6.07) is 8.13. The van der Waals surface area contributed by atoms with Crippen LogP contribution in [0, 0.1) is 5.41 Å². The van der Waals surface area contributed by atoms with Gasteiger partial charge in [0.15, 0.2) is 5.82 Å². The number of benzene rings is 1. The molecule has 1 aromatic carbocycles. The Hall–Kier alpha value is -2.43. The molecule has 0 bridgehead atoms. The molecule has 0 saturated heterocycles. The molecule has 2 aromatic rings. The average molecular weight is 437 g/mol. The second-order valence-corrected chi connectivity index (χ2v) is 9.42. The van der Waals surface area contributed by atoms with Crippen LogP contribution in [0.25, 0.3) is 11.4 Å². The first-order valence-electron chi connectivity index (χ1n) is 9.43. The highest BCUT2D eigenvalue weighted by atomic mass is 32.2. The van der Waals surface area contributed by atoms with Gasteiger partial charge in [0, 0.05) is 25.0 Å². The van der Waals surface area contributed by atoms with Crippen LogP contribution in [-0.4, -0.2) is 62.0 Å². The van der Waals surface area contributed by atoms with Crippen LogP contribution in [0.5, 0.6) is 0 Å². The summed E-state index contributed by atoms with van der Waals surface area (Å²) in [7, 11) is -0.805. The Kier molecular flexibility index (Phi) is 6.49. The molecule has 0 radical (unpaired) electrons. The fourth-order valence-corrected chi connectivity index (χ4v) is 4.79. The summed E-state index contributed by atoms with van der Waals surface area (Å²) in [4.78, 5) is 26.7. The lowest BCUT2D eigenvalue weighted by Crippen LogP contribution is -2.43. The summed E-state index contributed by atoms with van der Waals surface area (Å²) >= 11 is 0. The number of amides is 1. The minimum atomic E-state index is -3.62. The first-order chi connectivity index (χ1) is 14.1. The summed E-state index contributed by atoms with van der Waals surface area (Å²) in [6.45, 7) is 0. The molecule has 1 fully saturated rings. The summed E-state index contributed by atoms with van der Waals surface area (Å²) in [6.07, 6.45) is 2.90. The Morgan fingerprint density at radius 3 is 2.63 bits per heavy atom. The third kappa shape index (κ3) is 5.00. The van der Waals surface area contributed by atoms with Crippen LogP contribution in [0.2, 0.25) is 0 Å². The minimum Gasteiger partial charge on any atom is -0.275 e. The first-order valence-corrected chi connectivity index (χ1v) is 11.3. The lowest BCUT2D eigenvalue weighted by Gasteiger charge is -2.31. The fourth-order valence-electron chi connectivity index (χ4n) is 4.01. The van der Waals surface area contributed by atoms with E-state index >= 15 is 0 Å². The quantitative estimate of drug-likeness (QED) is 0.664. The number of aromatic nitrogens is 2. The SMILES string of the molecule is CON(C)C(=O)[C@@]1(Cc2cccc(-c3ncccn3)c2)C[C@@H](F)[C@H](NS(C)(=O)=O)C1. The average Bonchev–Trinajstić information content (AvgIpc) is 3.01. The zero-order valence-corrected chi connectivity index (χ0v) is 17.9. The normalized spacial score (nSPS) is 24.0. The van der Waals surface area contributed by atoms with Crippen molar-refractivity contribution in [1.82, 2.24) is 19.8 Å². The number of carbonyl (C=O) groups is 1. The van der Waals surface area contributed by atoms with Gasteiger partial charge in [-0.3, -0.25) is 9.63 Å². The molecule has 1 saturated carbocycles.